The van der Waals surface area contributed by atoms with Crippen molar-refractivity contribution in [3.05, 3.63) is 21.9 Å². The fourth-order valence-electron chi connectivity index (χ4n) is 2.72. The molecule has 0 bridgehead atoms. The van der Waals surface area contributed by atoms with Gasteiger partial charge in [-0.1, -0.05) is 0 Å². The average molecular weight is 253 g/mol. The van der Waals surface area contributed by atoms with Crippen molar-refractivity contribution in [2.45, 2.75) is 45.2 Å². The van der Waals surface area contributed by atoms with Crippen molar-refractivity contribution in [3.8, 4) is 0 Å². The Morgan fingerprint density at radius 3 is 2.47 bits per heavy atom. The molecule has 3 N–H and O–H groups in total. The number of hydrazine groups is 1. The second-order valence-electron chi connectivity index (χ2n) is 5.40. The molecule has 0 amide bonds. The number of likely N-dealkylation sites (tertiary alicyclic amines) is 1. The maximum Gasteiger partial charge on any atom is 0.0731 e. The summed E-state index contributed by atoms with van der Waals surface area (Å²) in [4.78, 5) is 5.23. The van der Waals surface area contributed by atoms with E-state index in [-0.39, 0.29) is 11.6 Å². The van der Waals surface area contributed by atoms with Crippen LogP contribution in [-0.2, 0) is 0 Å². The summed E-state index contributed by atoms with van der Waals surface area (Å²) in [5.41, 5.74) is 3.09. The van der Waals surface area contributed by atoms with Crippen LogP contribution in [0.25, 0.3) is 0 Å². The number of nitrogens with one attached hydrogen (secondary N) is 1. The highest BCUT2D eigenvalue weighted by atomic mass is 32.1. The van der Waals surface area contributed by atoms with Crippen LogP contribution in [0.3, 0.4) is 0 Å². The molecule has 1 aromatic rings. The van der Waals surface area contributed by atoms with Crippen LogP contribution < -0.4 is 11.3 Å². The Labute approximate surface area is 108 Å². The smallest absolute Gasteiger partial charge is 0.0731 e. The van der Waals surface area contributed by atoms with Crippen molar-refractivity contribution in [3.63, 3.8) is 0 Å². The number of rotatable bonds is 4. The largest absolute Gasteiger partial charge is 0.296 e. The van der Waals surface area contributed by atoms with Gasteiger partial charge in [-0.25, -0.2) is 0 Å². The molecule has 2 heterocycles. The van der Waals surface area contributed by atoms with Gasteiger partial charge in [-0.05, 0) is 58.8 Å². The van der Waals surface area contributed by atoms with Gasteiger partial charge in [-0.3, -0.25) is 16.2 Å². The fraction of sp³-hybridized carbons (Fsp3) is 0.692. The Morgan fingerprint density at radius 2 is 2.00 bits per heavy atom. The van der Waals surface area contributed by atoms with E-state index in [1.807, 2.05) is 11.3 Å². The highest BCUT2D eigenvalue weighted by molar-refractivity contribution is 7.12. The first-order valence-electron chi connectivity index (χ1n) is 6.33. The Morgan fingerprint density at radius 1 is 1.35 bits per heavy atom. The van der Waals surface area contributed by atoms with Crippen molar-refractivity contribution in [1.29, 1.82) is 0 Å². The minimum atomic E-state index is 0.0720. The van der Waals surface area contributed by atoms with E-state index < -0.39 is 0 Å². The summed E-state index contributed by atoms with van der Waals surface area (Å²) in [6, 6.07) is 4.58. The van der Waals surface area contributed by atoms with E-state index in [9.17, 15) is 0 Å². The molecule has 0 saturated carbocycles. The van der Waals surface area contributed by atoms with Crippen LogP contribution in [0.5, 0.6) is 0 Å². The van der Waals surface area contributed by atoms with Crippen LogP contribution in [0.15, 0.2) is 12.1 Å². The average Bonchev–Trinajstić information content (AvgIpc) is 2.89. The molecule has 0 spiro atoms. The van der Waals surface area contributed by atoms with E-state index in [2.05, 4.69) is 43.2 Å². The third kappa shape index (κ3) is 2.55. The van der Waals surface area contributed by atoms with Crippen molar-refractivity contribution >= 4 is 11.3 Å². The van der Waals surface area contributed by atoms with E-state index in [1.165, 1.54) is 35.7 Å². The van der Waals surface area contributed by atoms with Crippen LogP contribution >= 0.6 is 11.3 Å². The molecular formula is C13H23N3S. The van der Waals surface area contributed by atoms with Gasteiger partial charge in [0.05, 0.1) is 6.04 Å². The van der Waals surface area contributed by atoms with Crippen LogP contribution in [0.1, 0.15) is 42.5 Å². The second kappa shape index (κ2) is 5.06. The first kappa shape index (κ1) is 13.0. The van der Waals surface area contributed by atoms with Crippen LogP contribution in [0, 0.1) is 6.92 Å². The number of hydrogen-bond donors (Lipinski definition) is 2. The van der Waals surface area contributed by atoms with E-state index in [1.54, 1.807) is 0 Å². The van der Waals surface area contributed by atoms with Crippen molar-refractivity contribution in [2.24, 2.45) is 5.84 Å². The molecular weight excluding hydrogens is 230 g/mol. The standard InChI is InChI=1S/C13H23N3S/c1-10-6-7-11(17-10)12(15-14)13(2,3)16-8-4-5-9-16/h6-7,12,15H,4-5,8-9,14H2,1-3H3. The molecule has 96 valence electrons. The van der Waals surface area contributed by atoms with Crippen molar-refractivity contribution in [2.75, 3.05) is 13.1 Å². The summed E-state index contributed by atoms with van der Waals surface area (Å²) in [6.07, 6.45) is 2.62. The molecule has 1 aliphatic heterocycles. The highest BCUT2D eigenvalue weighted by Crippen LogP contribution is 2.35. The van der Waals surface area contributed by atoms with Gasteiger partial charge in [0, 0.05) is 15.3 Å². The molecule has 3 nitrogen and oxygen atoms in total. The summed E-state index contributed by atoms with van der Waals surface area (Å²) in [5.74, 6) is 5.80. The zero-order valence-electron chi connectivity index (χ0n) is 11.0. The highest BCUT2D eigenvalue weighted by Gasteiger charge is 2.37. The van der Waals surface area contributed by atoms with E-state index >= 15 is 0 Å². The minimum absolute atomic E-state index is 0.0720. The summed E-state index contributed by atoms with van der Waals surface area (Å²) >= 11 is 1.84. The summed E-state index contributed by atoms with van der Waals surface area (Å²) < 4.78 is 0. The van der Waals surface area contributed by atoms with Gasteiger partial charge < -0.3 is 0 Å². The third-order valence-electron chi connectivity index (χ3n) is 3.84. The van der Waals surface area contributed by atoms with E-state index in [0.29, 0.717) is 0 Å². The molecule has 1 aliphatic rings. The second-order valence-corrected chi connectivity index (χ2v) is 6.72. The summed E-state index contributed by atoms with van der Waals surface area (Å²) in [7, 11) is 0. The van der Waals surface area contributed by atoms with Crippen LogP contribution in [0.2, 0.25) is 0 Å². The minimum Gasteiger partial charge on any atom is -0.296 e. The Bertz CT molecular complexity index is 366. The van der Waals surface area contributed by atoms with Gasteiger partial charge in [0.2, 0.25) is 0 Å². The van der Waals surface area contributed by atoms with Gasteiger partial charge in [0.25, 0.3) is 0 Å². The molecule has 1 unspecified atom stereocenters. The molecule has 0 aromatic carbocycles. The number of aryl methyl sites for hydroxylation is 1. The molecule has 2 rings (SSSR count). The quantitative estimate of drug-likeness (QED) is 0.639. The van der Waals surface area contributed by atoms with Gasteiger partial charge in [-0.2, -0.15) is 0 Å². The van der Waals surface area contributed by atoms with Gasteiger partial charge >= 0.3 is 0 Å². The maximum atomic E-state index is 5.80. The number of nitrogens with zero attached hydrogens (tertiary/aromatic N) is 1. The Kier molecular flexibility index (Phi) is 3.88. The molecule has 0 aliphatic carbocycles. The fourth-order valence-corrected chi connectivity index (χ4v) is 3.84. The van der Waals surface area contributed by atoms with Gasteiger partial charge in [0.1, 0.15) is 0 Å². The normalized spacial score (nSPS) is 19.8. The lowest BCUT2D eigenvalue weighted by atomic mass is 9.92. The zero-order valence-corrected chi connectivity index (χ0v) is 11.8. The Hall–Kier alpha value is -0.420. The molecule has 4 heteroatoms. The van der Waals surface area contributed by atoms with E-state index in [4.69, 9.17) is 5.84 Å². The van der Waals surface area contributed by atoms with E-state index in [0.717, 1.165) is 0 Å². The monoisotopic (exact) mass is 253 g/mol. The lowest BCUT2D eigenvalue weighted by Gasteiger charge is -2.41. The molecule has 1 aromatic heterocycles. The number of thiophene rings is 1. The maximum absolute atomic E-state index is 5.80. The predicted molar refractivity (Wildman–Crippen MR) is 74.0 cm³/mol. The molecule has 1 saturated heterocycles. The van der Waals surface area contributed by atoms with Crippen LogP contribution in [0.4, 0.5) is 0 Å². The third-order valence-corrected chi connectivity index (χ3v) is 4.91. The topological polar surface area (TPSA) is 41.3 Å². The Balaban J connectivity index is 2.21. The summed E-state index contributed by atoms with van der Waals surface area (Å²) in [6.45, 7) is 9.10. The predicted octanol–water partition coefficient (Wildman–Crippen LogP) is 2.44. The molecule has 1 atom stereocenters. The SMILES string of the molecule is Cc1ccc(C(NN)C(C)(C)N2CCCC2)s1. The summed E-state index contributed by atoms with van der Waals surface area (Å²) in [5, 5.41) is 0. The first-order chi connectivity index (χ1) is 8.05. The molecule has 1 fully saturated rings. The van der Waals surface area contributed by atoms with Gasteiger partial charge in [-0.15, -0.1) is 11.3 Å². The number of nitrogens with two attached hydrogens (primary N) is 1. The lowest BCUT2D eigenvalue weighted by Crippen LogP contribution is -2.52. The lowest BCUT2D eigenvalue weighted by molar-refractivity contribution is 0.108. The van der Waals surface area contributed by atoms with Crippen molar-refractivity contribution in [1.82, 2.24) is 10.3 Å². The van der Waals surface area contributed by atoms with Crippen molar-refractivity contribution < 1.29 is 0 Å². The number of hydrogen-bond acceptors (Lipinski definition) is 4. The zero-order chi connectivity index (χ0) is 12.5. The first-order valence-corrected chi connectivity index (χ1v) is 7.15. The molecule has 17 heavy (non-hydrogen) atoms. The molecule has 0 radical (unpaired) electrons. The van der Waals surface area contributed by atoms with Gasteiger partial charge in [0.15, 0.2) is 0 Å². The van der Waals surface area contributed by atoms with Crippen LogP contribution in [-0.4, -0.2) is 23.5 Å².